The topological polar surface area (TPSA) is 85.3 Å². The van der Waals surface area contributed by atoms with Crippen LogP contribution >= 0.6 is 11.3 Å². The molecule has 1 aliphatic rings. The fourth-order valence-corrected chi connectivity index (χ4v) is 3.66. The van der Waals surface area contributed by atoms with Crippen LogP contribution in [0.5, 0.6) is 0 Å². The summed E-state index contributed by atoms with van der Waals surface area (Å²) in [6, 6.07) is 9.69. The number of carbonyl (C=O) groups is 1. The van der Waals surface area contributed by atoms with Crippen LogP contribution in [0.4, 0.5) is 0 Å². The largest absolute Gasteiger partial charge is 0.368 e. The molecule has 0 unspecified atom stereocenters. The lowest BCUT2D eigenvalue weighted by atomic mass is 9.93. The summed E-state index contributed by atoms with van der Waals surface area (Å²) in [5.41, 5.74) is 8.91. The number of nitrogens with zero attached hydrogens (tertiary/aromatic N) is 3. The number of hydrogen-bond acceptors (Lipinski definition) is 6. The molecule has 122 valence electrons. The number of amides is 1. The van der Waals surface area contributed by atoms with Crippen molar-refractivity contribution in [2.45, 2.75) is 25.6 Å². The predicted octanol–water partition coefficient (Wildman–Crippen LogP) is 2.21. The third kappa shape index (κ3) is 2.83. The van der Waals surface area contributed by atoms with E-state index in [4.69, 9.17) is 10.3 Å². The lowest BCUT2D eigenvalue weighted by Crippen LogP contribution is -2.48. The molecule has 0 bridgehead atoms. The monoisotopic (exact) mass is 340 g/mol. The lowest BCUT2D eigenvalue weighted by Gasteiger charge is -2.33. The van der Waals surface area contributed by atoms with E-state index in [9.17, 15) is 4.79 Å². The number of primary amides is 1. The SMILES string of the molecule is NC(=O)[C@H]1Cc2ccccc2CN1Cc1nc(-c2ccsc2)no1. The second kappa shape index (κ2) is 6.18. The van der Waals surface area contributed by atoms with Gasteiger partial charge in [0.15, 0.2) is 0 Å². The molecule has 2 aromatic heterocycles. The molecule has 3 heterocycles. The molecule has 0 radical (unpaired) electrons. The van der Waals surface area contributed by atoms with Gasteiger partial charge in [-0.2, -0.15) is 16.3 Å². The van der Waals surface area contributed by atoms with Crippen LogP contribution in [-0.2, 0) is 24.3 Å². The maximum absolute atomic E-state index is 11.9. The Balaban J connectivity index is 1.57. The van der Waals surface area contributed by atoms with Gasteiger partial charge in [-0.3, -0.25) is 9.69 Å². The molecule has 7 heteroatoms. The number of aromatic nitrogens is 2. The minimum absolute atomic E-state index is 0.331. The second-order valence-electron chi connectivity index (χ2n) is 5.82. The Morgan fingerprint density at radius 2 is 2.17 bits per heavy atom. The van der Waals surface area contributed by atoms with E-state index in [1.165, 1.54) is 11.1 Å². The van der Waals surface area contributed by atoms with Gasteiger partial charge in [-0.15, -0.1) is 0 Å². The van der Waals surface area contributed by atoms with Gasteiger partial charge in [0.25, 0.3) is 0 Å². The first-order valence-electron chi connectivity index (χ1n) is 7.66. The van der Waals surface area contributed by atoms with Crippen molar-refractivity contribution in [3.8, 4) is 11.4 Å². The molecule has 1 amide bonds. The first-order chi connectivity index (χ1) is 11.7. The summed E-state index contributed by atoms with van der Waals surface area (Å²) in [6.45, 7) is 1.04. The zero-order valence-corrected chi connectivity index (χ0v) is 13.7. The zero-order valence-electron chi connectivity index (χ0n) is 12.9. The fraction of sp³-hybridized carbons (Fsp3) is 0.235. The van der Waals surface area contributed by atoms with Crippen LogP contribution in [0.2, 0.25) is 0 Å². The van der Waals surface area contributed by atoms with E-state index in [1.807, 2.05) is 39.9 Å². The summed E-state index contributed by atoms with van der Waals surface area (Å²) in [7, 11) is 0. The maximum atomic E-state index is 11.9. The van der Waals surface area contributed by atoms with Crippen LogP contribution in [0.25, 0.3) is 11.4 Å². The molecule has 1 aromatic carbocycles. The molecule has 0 aliphatic carbocycles. The zero-order chi connectivity index (χ0) is 16.5. The number of hydrogen-bond donors (Lipinski definition) is 1. The van der Waals surface area contributed by atoms with Gasteiger partial charge in [-0.1, -0.05) is 29.4 Å². The molecule has 2 N–H and O–H groups in total. The van der Waals surface area contributed by atoms with E-state index in [1.54, 1.807) is 11.3 Å². The van der Waals surface area contributed by atoms with Gasteiger partial charge in [0.2, 0.25) is 17.6 Å². The molecule has 0 fully saturated rings. The van der Waals surface area contributed by atoms with Gasteiger partial charge < -0.3 is 10.3 Å². The van der Waals surface area contributed by atoms with Crippen LogP contribution < -0.4 is 5.73 Å². The molecule has 1 atom stereocenters. The Kier molecular flexibility index (Phi) is 3.87. The normalized spacial score (nSPS) is 17.6. The highest BCUT2D eigenvalue weighted by Crippen LogP contribution is 2.25. The van der Waals surface area contributed by atoms with Gasteiger partial charge in [0.1, 0.15) is 0 Å². The average molecular weight is 340 g/mol. The van der Waals surface area contributed by atoms with Gasteiger partial charge >= 0.3 is 0 Å². The van der Waals surface area contributed by atoms with Crippen molar-refractivity contribution in [1.82, 2.24) is 15.0 Å². The fourth-order valence-electron chi connectivity index (χ4n) is 3.03. The van der Waals surface area contributed by atoms with E-state index in [-0.39, 0.29) is 11.9 Å². The Hall–Kier alpha value is -2.51. The molecular weight excluding hydrogens is 324 g/mol. The number of thiophene rings is 1. The average Bonchev–Trinajstić information content (AvgIpc) is 3.25. The quantitative estimate of drug-likeness (QED) is 0.787. The molecular formula is C17H16N4O2S. The van der Waals surface area contributed by atoms with Crippen molar-refractivity contribution in [2.75, 3.05) is 0 Å². The van der Waals surface area contributed by atoms with Gasteiger partial charge in [0.05, 0.1) is 12.6 Å². The van der Waals surface area contributed by atoms with Crippen LogP contribution in [-0.4, -0.2) is 27.0 Å². The van der Waals surface area contributed by atoms with Crippen LogP contribution in [0.15, 0.2) is 45.6 Å². The Morgan fingerprint density at radius 3 is 2.92 bits per heavy atom. The van der Waals surface area contributed by atoms with E-state index in [0.717, 1.165) is 5.56 Å². The number of benzene rings is 1. The van der Waals surface area contributed by atoms with Gasteiger partial charge in [-0.05, 0) is 29.0 Å². The number of carbonyl (C=O) groups excluding carboxylic acids is 1. The summed E-state index contributed by atoms with van der Waals surface area (Å²) in [5, 5.41) is 7.95. The predicted molar refractivity (Wildman–Crippen MR) is 90.0 cm³/mol. The molecule has 6 nitrogen and oxygen atoms in total. The Bertz CT molecular complexity index is 859. The van der Waals surface area contributed by atoms with Gasteiger partial charge in [0, 0.05) is 17.5 Å². The van der Waals surface area contributed by atoms with E-state index in [0.29, 0.717) is 31.2 Å². The minimum Gasteiger partial charge on any atom is -0.368 e. The van der Waals surface area contributed by atoms with Crippen molar-refractivity contribution < 1.29 is 9.32 Å². The second-order valence-corrected chi connectivity index (χ2v) is 6.60. The van der Waals surface area contributed by atoms with Gasteiger partial charge in [-0.25, -0.2) is 0 Å². The summed E-state index contributed by atoms with van der Waals surface area (Å²) in [4.78, 5) is 18.3. The minimum atomic E-state index is -0.364. The third-order valence-electron chi connectivity index (χ3n) is 4.26. The molecule has 0 spiro atoms. The highest BCUT2D eigenvalue weighted by Gasteiger charge is 2.31. The van der Waals surface area contributed by atoms with E-state index >= 15 is 0 Å². The smallest absolute Gasteiger partial charge is 0.241 e. The Morgan fingerprint density at radius 1 is 1.33 bits per heavy atom. The van der Waals surface area contributed by atoms with Crippen LogP contribution in [0, 0.1) is 0 Å². The highest BCUT2D eigenvalue weighted by atomic mass is 32.1. The number of nitrogens with two attached hydrogens (primary N) is 1. The van der Waals surface area contributed by atoms with Crippen molar-refractivity contribution in [3.63, 3.8) is 0 Å². The van der Waals surface area contributed by atoms with Crippen molar-refractivity contribution in [1.29, 1.82) is 0 Å². The molecule has 3 aromatic rings. The van der Waals surface area contributed by atoms with Crippen molar-refractivity contribution in [2.24, 2.45) is 5.73 Å². The highest BCUT2D eigenvalue weighted by molar-refractivity contribution is 7.08. The van der Waals surface area contributed by atoms with E-state index in [2.05, 4.69) is 16.2 Å². The summed E-state index contributed by atoms with van der Waals surface area (Å²) < 4.78 is 5.36. The number of rotatable bonds is 4. The van der Waals surface area contributed by atoms with Crippen molar-refractivity contribution >= 4 is 17.2 Å². The van der Waals surface area contributed by atoms with Crippen molar-refractivity contribution in [3.05, 3.63) is 58.1 Å². The third-order valence-corrected chi connectivity index (χ3v) is 4.94. The first kappa shape index (κ1) is 15.0. The maximum Gasteiger partial charge on any atom is 0.241 e. The molecule has 1 aliphatic heterocycles. The molecule has 24 heavy (non-hydrogen) atoms. The summed E-state index contributed by atoms with van der Waals surface area (Å²) in [6.07, 6.45) is 0.608. The van der Waals surface area contributed by atoms with E-state index < -0.39 is 0 Å². The molecule has 0 saturated heterocycles. The lowest BCUT2D eigenvalue weighted by molar-refractivity contribution is -0.124. The summed E-state index contributed by atoms with van der Waals surface area (Å²) in [5.74, 6) is 0.725. The summed E-state index contributed by atoms with van der Waals surface area (Å²) >= 11 is 1.58. The molecule has 0 saturated carbocycles. The Labute approximate surface area is 142 Å². The molecule has 4 rings (SSSR count). The number of fused-ring (bicyclic) bond motifs is 1. The standard InChI is InChI=1S/C17H16N4O2S/c18-16(22)14-7-11-3-1-2-4-12(11)8-21(14)9-15-19-17(20-23-15)13-5-6-24-10-13/h1-6,10,14H,7-9H2,(H2,18,22)/t14-/m1/s1. The van der Waals surface area contributed by atoms with Crippen LogP contribution in [0.3, 0.4) is 0 Å². The first-order valence-corrected chi connectivity index (χ1v) is 8.60. The van der Waals surface area contributed by atoms with Crippen LogP contribution in [0.1, 0.15) is 17.0 Å².